The number of benzene rings is 2. The highest BCUT2D eigenvalue weighted by atomic mass is 32.2. The van der Waals surface area contributed by atoms with Gasteiger partial charge in [-0.3, -0.25) is 9.59 Å². The Labute approximate surface area is 169 Å². The van der Waals surface area contributed by atoms with Crippen molar-refractivity contribution in [1.29, 1.82) is 0 Å². The molecule has 2 aromatic carbocycles. The average molecular weight is 400 g/mol. The Balaban J connectivity index is 1.68. The van der Waals surface area contributed by atoms with Crippen molar-refractivity contribution in [2.24, 2.45) is 5.92 Å². The Hall–Kier alpha value is -2.47. The zero-order chi connectivity index (χ0) is 20.1. The smallest absolute Gasteiger partial charge is 0.316 e. The van der Waals surface area contributed by atoms with Crippen LogP contribution in [0.2, 0.25) is 0 Å². The molecule has 0 bridgehead atoms. The molecular formula is C22H25NO4S. The molecule has 2 N–H and O–H groups in total. The topological polar surface area (TPSA) is 75.6 Å². The standard InChI is InChI=1S/C22H25NO4S/c1-14-7-10-17(19(11-14)27-13-16-8-9-16)12-23-21(24)18-5-3-4-6-20(18)28-15(2)22(25)26/h3-7,10-11,15-16H,8-9,12-13H2,1-2H3,(H,23,24)(H,25,26). The van der Waals surface area contributed by atoms with Gasteiger partial charge in [-0.15, -0.1) is 11.8 Å². The highest BCUT2D eigenvalue weighted by Gasteiger charge is 2.22. The molecule has 1 aliphatic carbocycles. The van der Waals surface area contributed by atoms with Gasteiger partial charge in [-0.2, -0.15) is 0 Å². The summed E-state index contributed by atoms with van der Waals surface area (Å²) in [4.78, 5) is 24.5. The van der Waals surface area contributed by atoms with Crippen LogP contribution in [0.4, 0.5) is 0 Å². The summed E-state index contributed by atoms with van der Waals surface area (Å²) in [5.74, 6) is 0.337. The summed E-state index contributed by atoms with van der Waals surface area (Å²) in [5, 5.41) is 11.4. The second-order valence-corrected chi connectivity index (χ2v) is 8.53. The first-order chi connectivity index (χ1) is 13.4. The Bertz CT molecular complexity index is 863. The normalized spacial score (nSPS) is 14.4. The molecule has 1 aliphatic rings. The molecule has 2 aromatic rings. The lowest BCUT2D eigenvalue weighted by atomic mass is 10.1. The molecule has 3 rings (SSSR count). The molecule has 0 spiro atoms. The lowest BCUT2D eigenvalue weighted by Crippen LogP contribution is -2.24. The van der Waals surface area contributed by atoms with E-state index in [0.29, 0.717) is 22.9 Å². The van der Waals surface area contributed by atoms with Gasteiger partial charge in [0.25, 0.3) is 5.91 Å². The Morgan fingerprint density at radius 3 is 2.71 bits per heavy atom. The SMILES string of the molecule is Cc1ccc(CNC(=O)c2ccccc2SC(C)C(=O)O)c(OCC2CC2)c1. The van der Waals surface area contributed by atoms with Gasteiger partial charge in [-0.25, -0.2) is 0 Å². The van der Waals surface area contributed by atoms with E-state index in [-0.39, 0.29) is 5.91 Å². The predicted molar refractivity (Wildman–Crippen MR) is 110 cm³/mol. The molecule has 0 aromatic heterocycles. The molecule has 1 amide bonds. The quantitative estimate of drug-likeness (QED) is 0.616. The van der Waals surface area contributed by atoms with Crippen LogP contribution in [0.5, 0.6) is 5.75 Å². The first-order valence-corrected chi connectivity index (χ1v) is 10.3. The van der Waals surface area contributed by atoms with Crippen molar-refractivity contribution in [3.05, 3.63) is 59.2 Å². The molecule has 1 fully saturated rings. The van der Waals surface area contributed by atoms with E-state index in [4.69, 9.17) is 9.84 Å². The first-order valence-electron chi connectivity index (χ1n) is 9.43. The number of carboxylic acids is 1. The second-order valence-electron chi connectivity index (χ2n) is 7.14. The van der Waals surface area contributed by atoms with Crippen LogP contribution in [0.25, 0.3) is 0 Å². The predicted octanol–water partition coefficient (Wildman–Crippen LogP) is 4.28. The van der Waals surface area contributed by atoms with Crippen LogP contribution < -0.4 is 10.1 Å². The molecule has 0 saturated heterocycles. The van der Waals surface area contributed by atoms with Crippen molar-refractivity contribution in [2.45, 2.75) is 43.4 Å². The summed E-state index contributed by atoms with van der Waals surface area (Å²) in [6.07, 6.45) is 2.45. The Morgan fingerprint density at radius 2 is 2.00 bits per heavy atom. The number of amides is 1. The molecule has 6 heteroatoms. The largest absolute Gasteiger partial charge is 0.493 e. The van der Waals surface area contributed by atoms with Gasteiger partial charge >= 0.3 is 5.97 Å². The van der Waals surface area contributed by atoms with Gasteiger partial charge in [-0.05, 0) is 56.4 Å². The minimum absolute atomic E-state index is 0.227. The maximum Gasteiger partial charge on any atom is 0.316 e. The first kappa shape index (κ1) is 20.3. The molecule has 1 unspecified atom stereocenters. The molecule has 28 heavy (non-hydrogen) atoms. The minimum atomic E-state index is -0.905. The van der Waals surface area contributed by atoms with E-state index < -0.39 is 11.2 Å². The van der Waals surface area contributed by atoms with Crippen molar-refractivity contribution < 1.29 is 19.4 Å². The Morgan fingerprint density at radius 1 is 1.25 bits per heavy atom. The summed E-state index contributed by atoms with van der Waals surface area (Å²) >= 11 is 1.17. The molecule has 1 atom stereocenters. The van der Waals surface area contributed by atoms with Gasteiger partial charge in [0.15, 0.2) is 0 Å². The van der Waals surface area contributed by atoms with E-state index in [0.717, 1.165) is 23.5 Å². The molecule has 0 radical (unpaired) electrons. The number of thioether (sulfide) groups is 1. The zero-order valence-electron chi connectivity index (χ0n) is 16.1. The van der Waals surface area contributed by atoms with E-state index >= 15 is 0 Å². The molecule has 148 valence electrons. The fourth-order valence-corrected chi connectivity index (χ4v) is 3.63. The fraction of sp³-hybridized carbons (Fsp3) is 0.364. The maximum atomic E-state index is 12.7. The van der Waals surface area contributed by atoms with Crippen LogP contribution in [-0.4, -0.2) is 28.8 Å². The van der Waals surface area contributed by atoms with Crippen LogP contribution in [0.3, 0.4) is 0 Å². The third kappa shape index (κ3) is 5.52. The highest BCUT2D eigenvalue weighted by Crippen LogP contribution is 2.31. The number of carbonyl (C=O) groups is 2. The minimum Gasteiger partial charge on any atom is -0.493 e. The Kier molecular flexibility index (Phi) is 6.62. The van der Waals surface area contributed by atoms with Crippen molar-refractivity contribution in [3.63, 3.8) is 0 Å². The van der Waals surface area contributed by atoms with Gasteiger partial charge in [0.05, 0.1) is 12.2 Å². The molecule has 0 heterocycles. The van der Waals surface area contributed by atoms with E-state index in [2.05, 4.69) is 5.32 Å². The molecule has 5 nitrogen and oxygen atoms in total. The van der Waals surface area contributed by atoms with E-state index in [1.165, 1.54) is 24.6 Å². The van der Waals surface area contributed by atoms with Crippen LogP contribution in [0.15, 0.2) is 47.4 Å². The maximum absolute atomic E-state index is 12.7. The number of aryl methyl sites for hydroxylation is 1. The average Bonchev–Trinajstić information content (AvgIpc) is 3.50. The van der Waals surface area contributed by atoms with Crippen molar-refractivity contribution >= 4 is 23.6 Å². The van der Waals surface area contributed by atoms with Gasteiger partial charge in [0.2, 0.25) is 0 Å². The fourth-order valence-electron chi connectivity index (χ4n) is 2.70. The summed E-state index contributed by atoms with van der Waals surface area (Å²) in [6.45, 7) is 4.70. The number of hydrogen-bond acceptors (Lipinski definition) is 4. The van der Waals surface area contributed by atoms with Crippen LogP contribution in [-0.2, 0) is 11.3 Å². The molecular weight excluding hydrogens is 374 g/mol. The van der Waals surface area contributed by atoms with Crippen molar-refractivity contribution in [3.8, 4) is 5.75 Å². The van der Waals surface area contributed by atoms with Crippen molar-refractivity contribution in [2.75, 3.05) is 6.61 Å². The number of nitrogens with one attached hydrogen (secondary N) is 1. The number of aliphatic carboxylic acids is 1. The lowest BCUT2D eigenvalue weighted by Gasteiger charge is -2.14. The third-order valence-electron chi connectivity index (χ3n) is 4.62. The van der Waals surface area contributed by atoms with Crippen LogP contribution >= 0.6 is 11.8 Å². The third-order valence-corrected chi connectivity index (χ3v) is 5.78. The number of carboxylic acid groups (broad SMARTS) is 1. The van der Waals surface area contributed by atoms with E-state index in [1.807, 2.05) is 25.1 Å². The van der Waals surface area contributed by atoms with Crippen LogP contribution in [0, 0.1) is 12.8 Å². The van der Waals surface area contributed by atoms with Gasteiger partial charge in [-0.1, -0.05) is 24.3 Å². The van der Waals surface area contributed by atoms with Gasteiger partial charge in [0.1, 0.15) is 11.0 Å². The summed E-state index contributed by atoms with van der Waals surface area (Å²) in [5.41, 5.74) is 2.53. The summed E-state index contributed by atoms with van der Waals surface area (Å²) in [6, 6.07) is 13.1. The lowest BCUT2D eigenvalue weighted by molar-refractivity contribution is -0.136. The van der Waals surface area contributed by atoms with E-state index in [1.54, 1.807) is 31.2 Å². The van der Waals surface area contributed by atoms with Crippen molar-refractivity contribution in [1.82, 2.24) is 5.32 Å². The van der Waals surface area contributed by atoms with Crippen LogP contribution in [0.1, 0.15) is 41.3 Å². The summed E-state index contributed by atoms with van der Waals surface area (Å²) < 4.78 is 5.96. The number of hydrogen-bond donors (Lipinski definition) is 2. The monoisotopic (exact) mass is 399 g/mol. The van der Waals surface area contributed by atoms with E-state index in [9.17, 15) is 9.59 Å². The molecule has 1 saturated carbocycles. The summed E-state index contributed by atoms with van der Waals surface area (Å²) in [7, 11) is 0. The molecule has 0 aliphatic heterocycles. The zero-order valence-corrected chi connectivity index (χ0v) is 16.9. The highest BCUT2D eigenvalue weighted by molar-refractivity contribution is 8.00. The number of carbonyl (C=O) groups excluding carboxylic acids is 1. The van der Waals surface area contributed by atoms with Gasteiger partial charge < -0.3 is 15.2 Å². The number of rotatable bonds is 9. The van der Waals surface area contributed by atoms with Gasteiger partial charge in [0, 0.05) is 17.0 Å². The second kappa shape index (κ2) is 9.15. The number of ether oxygens (including phenoxy) is 1.